The topological polar surface area (TPSA) is 80.4 Å². The lowest BCUT2D eigenvalue weighted by Crippen LogP contribution is -1.91. The van der Waals surface area contributed by atoms with Crippen LogP contribution in [0.25, 0.3) is 6.08 Å². The highest BCUT2D eigenvalue weighted by Crippen LogP contribution is 2.33. The standard InChI is InChI=1S/C9H5Cl2NO4/c10-6-3-5(1-2-8(13)14)4-7(11)9(6)12(15)16/h1-4H,(H,13,14)/b2-1+. The first kappa shape index (κ1) is 12.5. The maximum absolute atomic E-state index is 10.5. The second-order valence-electron chi connectivity index (χ2n) is 2.76. The minimum atomic E-state index is -1.13. The van der Waals surface area contributed by atoms with E-state index >= 15 is 0 Å². The summed E-state index contributed by atoms with van der Waals surface area (Å²) in [5.41, 5.74) is -0.0150. The third kappa shape index (κ3) is 2.95. The Balaban J connectivity index is 3.20. The predicted molar refractivity (Wildman–Crippen MR) is 59.8 cm³/mol. The summed E-state index contributed by atoms with van der Waals surface area (Å²) in [6.45, 7) is 0. The highest BCUT2D eigenvalue weighted by molar-refractivity contribution is 6.38. The fraction of sp³-hybridized carbons (Fsp3) is 0. The van der Waals surface area contributed by atoms with Crippen molar-refractivity contribution in [3.63, 3.8) is 0 Å². The molecule has 0 saturated carbocycles. The molecule has 0 aromatic heterocycles. The largest absolute Gasteiger partial charge is 0.478 e. The van der Waals surface area contributed by atoms with E-state index in [9.17, 15) is 14.9 Å². The van der Waals surface area contributed by atoms with Crippen LogP contribution in [0.2, 0.25) is 10.0 Å². The van der Waals surface area contributed by atoms with E-state index in [0.29, 0.717) is 5.56 Å². The molecule has 0 atom stereocenters. The smallest absolute Gasteiger partial charge is 0.328 e. The molecule has 16 heavy (non-hydrogen) atoms. The molecule has 0 amide bonds. The number of nitrogens with zero attached hydrogens (tertiary/aromatic N) is 1. The number of benzene rings is 1. The first-order valence-electron chi connectivity index (χ1n) is 3.96. The summed E-state index contributed by atoms with van der Waals surface area (Å²) < 4.78 is 0. The Morgan fingerprint density at radius 3 is 2.25 bits per heavy atom. The normalized spacial score (nSPS) is 10.6. The molecule has 0 aliphatic carbocycles. The molecule has 0 fully saturated rings. The molecule has 1 rings (SSSR count). The van der Waals surface area contributed by atoms with Crippen molar-refractivity contribution in [2.45, 2.75) is 0 Å². The third-order valence-corrected chi connectivity index (χ3v) is 2.22. The molecule has 0 heterocycles. The lowest BCUT2D eigenvalue weighted by molar-refractivity contribution is -0.384. The predicted octanol–water partition coefficient (Wildman–Crippen LogP) is 3.00. The zero-order chi connectivity index (χ0) is 12.3. The number of carboxylic acid groups (broad SMARTS) is 1. The van der Waals surface area contributed by atoms with Gasteiger partial charge in [-0.25, -0.2) is 4.79 Å². The molecule has 0 aliphatic heterocycles. The number of aliphatic carboxylic acids is 1. The van der Waals surface area contributed by atoms with E-state index in [2.05, 4.69) is 0 Å². The van der Waals surface area contributed by atoms with Crippen LogP contribution in [0.3, 0.4) is 0 Å². The van der Waals surface area contributed by atoms with Gasteiger partial charge in [-0.2, -0.15) is 0 Å². The van der Waals surface area contributed by atoms with Crippen molar-refractivity contribution in [2.75, 3.05) is 0 Å². The number of nitro benzene ring substituents is 1. The molecule has 0 bridgehead atoms. The van der Waals surface area contributed by atoms with E-state index in [4.69, 9.17) is 28.3 Å². The third-order valence-electron chi connectivity index (χ3n) is 1.64. The van der Waals surface area contributed by atoms with Gasteiger partial charge < -0.3 is 5.11 Å². The van der Waals surface area contributed by atoms with Crippen molar-refractivity contribution in [3.8, 4) is 0 Å². The van der Waals surface area contributed by atoms with Crippen molar-refractivity contribution >= 4 is 40.9 Å². The summed E-state index contributed by atoms with van der Waals surface area (Å²) in [6, 6.07) is 2.54. The van der Waals surface area contributed by atoms with Crippen molar-refractivity contribution in [2.24, 2.45) is 0 Å². The minimum absolute atomic E-state index is 0.137. The van der Waals surface area contributed by atoms with Crippen LogP contribution in [0.15, 0.2) is 18.2 Å². The van der Waals surface area contributed by atoms with Crippen LogP contribution in [0.4, 0.5) is 5.69 Å². The molecule has 0 unspecified atom stereocenters. The first-order chi connectivity index (χ1) is 7.41. The van der Waals surface area contributed by atoms with E-state index in [1.165, 1.54) is 18.2 Å². The van der Waals surface area contributed by atoms with Crippen LogP contribution in [-0.4, -0.2) is 16.0 Å². The molecular weight excluding hydrogens is 257 g/mol. The van der Waals surface area contributed by atoms with Crippen molar-refractivity contribution in [1.82, 2.24) is 0 Å². The van der Waals surface area contributed by atoms with E-state index in [-0.39, 0.29) is 10.0 Å². The number of nitro groups is 1. The van der Waals surface area contributed by atoms with Gasteiger partial charge in [0.1, 0.15) is 10.0 Å². The van der Waals surface area contributed by atoms with Gasteiger partial charge in [-0.15, -0.1) is 0 Å². The number of rotatable bonds is 3. The van der Waals surface area contributed by atoms with E-state index in [0.717, 1.165) is 6.08 Å². The van der Waals surface area contributed by atoms with Crippen LogP contribution < -0.4 is 0 Å². The van der Waals surface area contributed by atoms with Crippen molar-refractivity contribution in [3.05, 3.63) is 43.9 Å². The van der Waals surface area contributed by atoms with E-state index in [1.807, 2.05) is 0 Å². The van der Waals surface area contributed by atoms with Gasteiger partial charge in [0.25, 0.3) is 0 Å². The van der Waals surface area contributed by atoms with Crippen LogP contribution in [0.1, 0.15) is 5.56 Å². The molecule has 1 aromatic rings. The number of carboxylic acids is 1. The Bertz CT molecular complexity index is 461. The summed E-state index contributed by atoms with van der Waals surface area (Å²) in [7, 11) is 0. The maximum atomic E-state index is 10.5. The SMILES string of the molecule is O=C(O)/C=C/c1cc(Cl)c([N+](=O)[O-])c(Cl)c1. The summed E-state index contributed by atoms with van der Waals surface area (Å²) in [5.74, 6) is -1.13. The lowest BCUT2D eigenvalue weighted by atomic mass is 10.2. The Morgan fingerprint density at radius 2 is 1.88 bits per heavy atom. The summed E-state index contributed by atoms with van der Waals surface area (Å²) in [6.07, 6.45) is 2.12. The minimum Gasteiger partial charge on any atom is -0.478 e. The van der Waals surface area contributed by atoms with Crippen LogP contribution in [-0.2, 0) is 4.79 Å². The lowest BCUT2D eigenvalue weighted by Gasteiger charge is -2.00. The van der Waals surface area contributed by atoms with E-state index < -0.39 is 16.6 Å². The molecule has 0 radical (unpaired) electrons. The first-order valence-corrected chi connectivity index (χ1v) is 4.72. The average molecular weight is 262 g/mol. The Kier molecular flexibility index (Phi) is 3.87. The summed E-state index contributed by atoms with van der Waals surface area (Å²) in [5, 5.41) is 18.7. The average Bonchev–Trinajstić information content (AvgIpc) is 2.12. The van der Waals surface area contributed by atoms with Crippen LogP contribution in [0.5, 0.6) is 0 Å². The van der Waals surface area contributed by atoms with Gasteiger partial charge >= 0.3 is 11.7 Å². The molecule has 7 heteroatoms. The number of hydrogen-bond donors (Lipinski definition) is 1. The molecular formula is C9H5Cl2NO4. The molecule has 0 saturated heterocycles. The van der Waals surface area contributed by atoms with Crippen molar-refractivity contribution < 1.29 is 14.8 Å². The van der Waals surface area contributed by atoms with E-state index in [1.54, 1.807) is 0 Å². The van der Waals surface area contributed by atoms with Crippen LogP contribution >= 0.6 is 23.2 Å². The van der Waals surface area contributed by atoms with Gasteiger partial charge in [-0.1, -0.05) is 23.2 Å². The summed E-state index contributed by atoms with van der Waals surface area (Å²) >= 11 is 11.3. The Hall–Kier alpha value is -1.59. The highest BCUT2D eigenvalue weighted by Gasteiger charge is 2.18. The van der Waals surface area contributed by atoms with Gasteiger partial charge in [0.15, 0.2) is 0 Å². The quantitative estimate of drug-likeness (QED) is 0.515. The van der Waals surface area contributed by atoms with Gasteiger partial charge in [-0.3, -0.25) is 10.1 Å². The number of carbonyl (C=O) groups is 1. The molecule has 0 aliphatic rings. The summed E-state index contributed by atoms with van der Waals surface area (Å²) in [4.78, 5) is 20.1. The van der Waals surface area contributed by atoms with Crippen molar-refractivity contribution in [1.29, 1.82) is 0 Å². The van der Waals surface area contributed by atoms with Gasteiger partial charge in [0.2, 0.25) is 0 Å². The second kappa shape index (κ2) is 4.96. The fourth-order valence-electron chi connectivity index (χ4n) is 1.02. The molecule has 1 N–H and O–H groups in total. The highest BCUT2D eigenvalue weighted by atomic mass is 35.5. The molecule has 1 aromatic carbocycles. The van der Waals surface area contributed by atoms with Gasteiger partial charge in [0.05, 0.1) is 4.92 Å². The molecule has 0 spiro atoms. The zero-order valence-corrected chi connectivity index (χ0v) is 9.20. The zero-order valence-electron chi connectivity index (χ0n) is 7.68. The van der Waals surface area contributed by atoms with Gasteiger partial charge in [0, 0.05) is 6.08 Å². The second-order valence-corrected chi connectivity index (χ2v) is 3.58. The Labute approximate surface area is 100 Å². The molecule has 5 nitrogen and oxygen atoms in total. The fourth-order valence-corrected chi connectivity index (χ4v) is 1.67. The maximum Gasteiger partial charge on any atom is 0.328 e. The monoisotopic (exact) mass is 261 g/mol. The molecule has 84 valence electrons. The number of halogens is 2. The Morgan fingerprint density at radius 1 is 1.38 bits per heavy atom. The number of hydrogen-bond acceptors (Lipinski definition) is 3. The van der Waals surface area contributed by atoms with Gasteiger partial charge in [-0.05, 0) is 23.8 Å². The van der Waals surface area contributed by atoms with Crippen LogP contribution in [0, 0.1) is 10.1 Å².